The zero-order chi connectivity index (χ0) is 32.8. The van der Waals surface area contributed by atoms with Gasteiger partial charge in [-0.1, -0.05) is 24.8 Å². The molecule has 4 aromatic rings. The maximum absolute atomic E-state index is 14.5. The van der Waals surface area contributed by atoms with Gasteiger partial charge in [-0.15, -0.1) is 0 Å². The summed E-state index contributed by atoms with van der Waals surface area (Å²) in [6.45, 7) is 9.26. The molecule has 0 unspecified atom stereocenters. The summed E-state index contributed by atoms with van der Waals surface area (Å²) in [5, 5.41) is 10.8. The van der Waals surface area contributed by atoms with Crippen LogP contribution in [-0.2, 0) is 9.53 Å². The van der Waals surface area contributed by atoms with Crippen molar-refractivity contribution in [3.8, 4) is 11.3 Å². The van der Waals surface area contributed by atoms with Gasteiger partial charge in [0.05, 0.1) is 24.3 Å². The molecule has 3 heterocycles. The van der Waals surface area contributed by atoms with E-state index in [1.807, 2.05) is 55.6 Å². The number of fused-ring (bicyclic) bond motifs is 1. The average Bonchev–Trinajstić information content (AvgIpc) is 3.39. The Balaban J connectivity index is 1.19. The third-order valence-corrected chi connectivity index (χ3v) is 7.87. The number of morpholine rings is 1. The van der Waals surface area contributed by atoms with Crippen LogP contribution in [0.4, 0.5) is 25.8 Å². The van der Waals surface area contributed by atoms with E-state index in [0.717, 1.165) is 72.0 Å². The number of allylic oxidation sites excluding steroid dienone is 7. The number of aromatic nitrogens is 2. The lowest BCUT2D eigenvalue weighted by molar-refractivity contribution is -0.113. The molecule has 1 amide bonds. The number of nitrogens with zero attached hydrogens (tertiary/aromatic N) is 4. The van der Waals surface area contributed by atoms with Crippen LogP contribution in [0.25, 0.3) is 22.3 Å². The van der Waals surface area contributed by atoms with Crippen LogP contribution in [0.3, 0.4) is 0 Å². The molecule has 0 bridgehead atoms. The minimum atomic E-state index is -0.771. The lowest BCUT2D eigenvalue weighted by Gasteiger charge is -2.28. The van der Waals surface area contributed by atoms with Gasteiger partial charge in [0, 0.05) is 60.1 Å². The molecule has 8 nitrogen and oxygen atoms in total. The number of halogens is 2. The van der Waals surface area contributed by atoms with E-state index < -0.39 is 17.6 Å². The Morgan fingerprint density at radius 2 is 1.81 bits per heavy atom. The highest BCUT2D eigenvalue weighted by Gasteiger charge is 2.19. The molecule has 0 atom stereocenters. The largest absolute Gasteiger partial charge is 0.378 e. The van der Waals surface area contributed by atoms with Crippen molar-refractivity contribution in [2.45, 2.75) is 13.3 Å². The number of rotatable bonds is 9. The van der Waals surface area contributed by atoms with Crippen molar-refractivity contribution in [1.82, 2.24) is 9.61 Å². The first-order chi connectivity index (χ1) is 22.9. The molecule has 2 aromatic carbocycles. The lowest BCUT2D eigenvalue weighted by atomic mass is 10.00. The number of pyridine rings is 1. The van der Waals surface area contributed by atoms with Crippen LogP contribution in [0.5, 0.6) is 0 Å². The second-order valence-electron chi connectivity index (χ2n) is 11.1. The number of aliphatic imine (C=N–C) groups is 1. The first kappa shape index (κ1) is 31.4. The van der Waals surface area contributed by atoms with Gasteiger partial charge in [0.15, 0.2) is 0 Å². The summed E-state index contributed by atoms with van der Waals surface area (Å²) in [5.74, 6) is -1.51. The van der Waals surface area contributed by atoms with E-state index >= 15 is 0 Å². The van der Waals surface area contributed by atoms with Gasteiger partial charge in [0.25, 0.3) is 5.91 Å². The number of ether oxygens (including phenoxy) is 1. The first-order valence-electron chi connectivity index (χ1n) is 15.3. The fourth-order valence-corrected chi connectivity index (χ4v) is 5.46. The van der Waals surface area contributed by atoms with E-state index in [2.05, 4.69) is 39.2 Å². The van der Waals surface area contributed by atoms with Gasteiger partial charge >= 0.3 is 0 Å². The van der Waals surface area contributed by atoms with Gasteiger partial charge in [-0.3, -0.25) is 4.79 Å². The van der Waals surface area contributed by atoms with Crippen molar-refractivity contribution in [3.63, 3.8) is 0 Å². The number of amides is 1. The monoisotopic (exact) mass is 632 g/mol. The molecule has 2 aliphatic rings. The summed E-state index contributed by atoms with van der Waals surface area (Å²) < 4.78 is 35.3. The van der Waals surface area contributed by atoms with Crippen molar-refractivity contribution < 1.29 is 18.3 Å². The quantitative estimate of drug-likeness (QED) is 0.184. The third-order valence-electron chi connectivity index (χ3n) is 7.87. The Bertz CT molecular complexity index is 1960. The SMILES string of the molecule is C=C(/N=C\C=C(/C)c1c(-c2cccc(NC(=O)C3=C(F)C=CC(F)=CC3)c2)nn2ccccc12)Nc1ccc(N2CCOCC2)cc1. The predicted octanol–water partition coefficient (Wildman–Crippen LogP) is 7.87. The Morgan fingerprint density at radius 3 is 2.62 bits per heavy atom. The molecule has 6 rings (SSSR count). The Morgan fingerprint density at radius 1 is 1.00 bits per heavy atom. The standard InChI is InChI=1S/C37H34F2N6O2/c1-25(17-18-40-26(2)41-29-11-13-31(14-12-29)44-20-22-47-23-21-44)35-34-8-3-4-19-45(34)43-36(35)27-6-5-7-30(24-27)42-37(46)32-15-9-28(38)10-16-33(32)39/h3-14,16-19,24,41H,2,15,20-23H2,1H3,(H,42,46)/b25-17+,40-18-. The van der Waals surface area contributed by atoms with E-state index in [1.165, 1.54) is 6.08 Å². The highest BCUT2D eigenvalue weighted by atomic mass is 19.1. The Hall–Kier alpha value is -5.61. The highest BCUT2D eigenvalue weighted by molar-refractivity contribution is 6.05. The molecule has 1 saturated heterocycles. The van der Waals surface area contributed by atoms with Gasteiger partial charge in [0.1, 0.15) is 23.2 Å². The zero-order valence-corrected chi connectivity index (χ0v) is 25.9. The molecule has 1 fully saturated rings. The highest BCUT2D eigenvalue weighted by Crippen LogP contribution is 2.33. The Kier molecular flexibility index (Phi) is 9.49. The summed E-state index contributed by atoms with van der Waals surface area (Å²) in [6, 6.07) is 21.2. The molecule has 0 spiro atoms. The molecule has 238 valence electrons. The van der Waals surface area contributed by atoms with Crippen LogP contribution in [-0.4, -0.2) is 48.0 Å². The van der Waals surface area contributed by atoms with Crippen LogP contribution in [0, 0.1) is 0 Å². The molecule has 2 N–H and O–H groups in total. The molecular formula is C37H34F2N6O2. The summed E-state index contributed by atoms with van der Waals surface area (Å²) >= 11 is 0. The average molecular weight is 633 g/mol. The number of hydrogen-bond acceptors (Lipinski definition) is 6. The van der Waals surface area contributed by atoms with Crippen LogP contribution in [0.2, 0.25) is 0 Å². The number of carbonyl (C=O) groups is 1. The van der Waals surface area contributed by atoms with Gasteiger partial charge < -0.3 is 20.3 Å². The Labute approximate surface area is 271 Å². The van der Waals surface area contributed by atoms with E-state index in [0.29, 0.717) is 17.2 Å². The number of carbonyl (C=O) groups excluding carboxylic acids is 1. The molecule has 1 aliphatic carbocycles. The van der Waals surface area contributed by atoms with Crippen LogP contribution < -0.4 is 15.5 Å². The van der Waals surface area contributed by atoms with E-state index in [9.17, 15) is 13.6 Å². The zero-order valence-electron chi connectivity index (χ0n) is 25.9. The van der Waals surface area contributed by atoms with Crippen LogP contribution in [0.15, 0.2) is 132 Å². The minimum absolute atomic E-state index is 0.146. The van der Waals surface area contributed by atoms with Crippen molar-refractivity contribution in [2.75, 3.05) is 41.8 Å². The van der Waals surface area contributed by atoms with Gasteiger partial charge in [-0.05, 0) is 85.3 Å². The molecular weight excluding hydrogens is 598 g/mol. The van der Waals surface area contributed by atoms with E-state index in [-0.39, 0.29) is 12.0 Å². The van der Waals surface area contributed by atoms with Crippen LogP contribution >= 0.6 is 0 Å². The summed E-state index contributed by atoms with van der Waals surface area (Å²) in [4.78, 5) is 19.7. The topological polar surface area (TPSA) is 83.3 Å². The molecule has 1 aliphatic heterocycles. The second kappa shape index (κ2) is 14.2. The van der Waals surface area contributed by atoms with Gasteiger partial charge in [0.2, 0.25) is 0 Å². The minimum Gasteiger partial charge on any atom is -0.378 e. The van der Waals surface area contributed by atoms with Crippen molar-refractivity contribution in [3.05, 3.63) is 132 Å². The first-order valence-corrected chi connectivity index (χ1v) is 15.3. The van der Waals surface area contributed by atoms with Crippen molar-refractivity contribution >= 4 is 40.3 Å². The van der Waals surface area contributed by atoms with Gasteiger partial charge in [-0.2, -0.15) is 5.10 Å². The molecule has 2 aromatic heterocycles. The molecule has 0 saturated carbocycles. The number of benzene rings is 2. The summed E-state index contributed by atoms with van der Waals surface area (Å²) in [6.07, 6.45) is 8.44. The predicted molar refractivity (Wildman–Crippen MR) is 185 cm³/mol. The number of hydrogen-bond donors (Lipinski definition) is 2. The van der Waals surface area contributed by atoms with E-state index in [4.69, 9.17) is 9.84 Å². The maximum atomic E-state index is 14.5. The van der Waals surface area contributed by atoms with Crippen molar-refractivity contribution in [1.29, 1.82) is 0 Å². The van der Waals surface area contributed by atoms with Gasteiger partial charge in [-0.25, -0.2) is 18.3 Å². The number of nitrogens with one attached hydrogen (secondary N) is 2. The van der Waals surface area contributed by atoms with E-state index in [1.54, 1.807) is 28.9 Å². The second-order valence-corrected chi connectivity index (χ2v) is 11.1. The third kappa shape index (κ3) is 7.45. The summed E-state index contributed by atoms with van der Waals surface area (Å²) in [7, 11) is 0. The smallest absolute Gasteiger partial charge is 0.254 e. The maximum Gasteiger partial charge on any atom is 0.254 e. The molecule has 47 heavy (non-hydrogen) atoms. The normalized spacial score (nSPS) is 15.6. The fourth-order valence-electron chi connectivity index (χ4n) is 5.46. The lowest BCUT2D eigenvalue weighted by Crippen LogP contribution is -2.36. The van der Waals surface area contributed by atoms with Crippen LogP contribution in [0.1, 0.15) is 18.9 Å². The summed E-state index contributed by atoms with van der Waals surface area (Å²) in [5.41, 5.74) is 6.49. The van der Waals surface area contributed by atoms with Crippen molar-refractivity contribution in [2.24, 2.45) is 4.99 Å². The fraction of sp³-hybridized carbons (Fsp3) is 0.162. The molecule has 0 radical (unpaired) electrons. The number of anilines is 3. The molecule has 10 heteroatoms.